The van der Waals surface area contributed by atoms with E-state index in [0.29, 0.717) is 43.6 Å². The molecule has 39 heavy (non-hydrogen) atoms. The number of nitrogens with zero attached hydrogens (tertiary/aromatic N) is 5. The van der Waals surface area contributed by atoms with Crippen LogP contribution in [0.5, 0.6) is 5.88 Å². The van der Waals surface area contributed by atoms with Crippen molar-refractivity contribution in [3.8, 4) is 5.88 Å². The van der Waals surface area contributed by atoms with E-state index in [1.807, 2.05) is 46.0 Å². The molecule has 11 heteroatoms. The van der Waals surface area contributed by atoms with Crippen molar-refractivity contribution in [1.82, 2.24) is 15.0 Å². The van der Waals surface area contributed by atoms with Crippen LogP contribution in [0.1, 0.15) is 43.2 Å². The lowest BCUT2D eigenvalue weighted by molar-refractivity contribution is -0.136. The molecule has 2 aliphatic rings. The van der Waals surface area contributed by atoms with E-state index in [1.165, 1.54) is 0 Å². The molecule has 11 nitrogen and oxygen atoms in total. The number of hydrogen-bond donors (Lipinski definition) is 2. The molecule has 0 saturated heterocycles. The number of hydrogen-bond acceptors (Lipinski definition) is 9. The maximum absolute atomic E-state index is 13.0. The summed E-state index contributed by atoms with van der Waals surface area (Å²) in [5.74, 6) is 0.0589. The number of amides is 1. The largest absolute Gasteiger partial charge is 0.481 e. The summed E-state index contributed by atoms with van der Waals surface area (Å²) in [7, 11) is 0. The molecule has 0 bridgehead atoms. The third-order valence-electron chi connectivity index (χ3n) is 6.52. The van der Waals surface area contributed by atoms with E-state index in [1.54, 1.807) is 23.2 Å². The van der Waals surface area contributed by atoms with Gasteiger partial charge in [-0.15, -0.1) is 0 Å². The molecule has 0 spiro atoms. The Bertz CT molecular complexity index is 1400. The van der Waals surface area contributed by atoms with E-state index in [9.17, 15) is 9.59 Å². The number of aromatic nitrogens is 3. The number of carbonyl (C=O) groups is 2. The SMILES string of the molecule is Cc1c(N2CCc3nc(Nc4ccc(CC(=O)O)cc4)ncc3C2)cnc2c1N(C(=O)OC(C)(C)C)CCO2. The number of benzene rings is 1. The molecule has 0 unspecified atom stereocenters. The molecule has 3 aromatic rings. The van der Waals surface area contributed by atoms with Crippen molar-refractivity contribution in [3.05, 3.63) is 59.0 Å². The van der Waals surface area contributed by atoms with Gasteiger partial charge in [0.2, 0.25) is 11.8 Å². The van der Waals surface area contributed by atoms with E-state index in [4.69, 9.17) is 19.6 Å². The average Bonchev–Trinajstić information content (AvgIpc) is 2.88. The Morgan fingerprint density at radius 3 is 2.62 bits per heavy atom. The zero-order chi connectivity index (χ0) is 27.7. The summed E-state index contributed by atoms with van der Waals surface area (Å²) in [5, 5.41) is 12.1. The molecular formula is C28H32N6O5. The van der Waals surface area contributed by atoms with Crippen molar-refractivity contribution in [3.63, 3.8) is 0 Å². The standard InChI is InChI=1S/C28H32N6O5/c1-17-22(15-29-25-24(17)34(11-12-38-25)27(37)39-28(2,3)4)33-10-9-21-19(16-33)14-30-26(32-21)31-20-7-5-18(6-8-20)13-23(35)36/h5-8,14-15H,9-13,16H2,1-4H3,(H,35,36)(H,30,31,32). The molecular weight excluding hydrogens is 500 g/mol. The van der Waals surface area contributed by atoms with Gasteiger partial charge in [-0.1, -0.05) is 12.1 Å². The topological polar surface area (TPSA) is 130 Å². The fraction of sp³-hybridized carbons (Fsp3) is 0.393. The van der Waals surface area contributed by atoms with E-state index < -0.39 is 17.7 Å². The van der Waals surface area contributed by atoms with Gasteiger partial charge in [-0.25, -0.2) is 19.7 Å². The molecule has 0 atom stereocenters. The first-order valence-corrected chi connectivity index (χ1v) is 12.9. The average molecular weight is 533 g/mol. The lowest BCUT2D eigenvalue weighted by Crippen LogP contribution is -2.42. The first-order chi connectivity index (χ1) is 18.6. The third-order valence-corrected chi connectivity index (χ3v) is 6.52. The Hall–Kier alpha value is -4.41. The van der Waals surface area contributed by atoms with Crippen LogP contribution in [0.2, 0.25) is 0 Å². The third kappa shape index (κ3) is 5.87. The minimum absolute atomic E-state index is 0.0165. The van der Waals surface area contributed by atoms with Gasteiger partial charge < -0.3 is 24.8 Å². The van der Waals surface area contributed by atoms with Crippen molar-refractivity contribution in [1.29, 1.82) is 0 Å². The molecule has 0 saturated carbocycles. The Morgan fingerprint density at radius 2 is 1.90 bits per heavy atom. The molecule has 204 valence electrons. The maximum Gasteiger partial charge on any atom is 0.415 e. The number of carboxylic acid groups (broad SMARTS) is 1. The van der Waals surface area contributed by atoms with Gasteiger partial charge in [0.25, 0.3) is 0 Å². The molecule has 2 N–H and O–H groups in total. The minimum Gasteiger partial charge on any atom is -0.481 e. The lowest BCUT2D eigenvalue weighted by atomic mass is 10.0. The fourth-order valence-electron chi connectivity index (χ4n) is 4.74. The molecule has 0 fully saturated rings. The summed E-state index contributed by atoms with van der Waals surface area (Å²) in [6.07, 6.45) is 3.91. The number of fused-ring (bicyclic) bond motifs is 2. The predicted molar refractivity (Wildman–Crippen MR) is 146 cm³/mol. The van der Waals surface area contributed by atoms with E-state index in [0.717, 1.165) is 40.3 Å². The molecule has 2 aliphatic heterocycles. The van der Waals surface area contributed by atoms with Gasteiger partial charge in [0, 0.05) is 42.5 Å². The monoisotopic (exact) mass is 532 g/mol. The molecule has 1 aromatic carbocycles. The van der Waals surface area contributed by atoms with Gasteiger partial charge in [-0.05, 0) is 45.4 Å². The Labute approximate surface area is 226 Å². The number of anilines is 4. The summed E-state index contributed by atoms with van der Waals surface area (Å²) >= 11 is 0. The molecule has 0 radical (unpaired) electrons. The number of pyridine rings is 1. The first-order valence-electron chi connectivity index (χ1n) is 12.9. The Balaban J connectivity index is 1.32. The highest BCUT2D eigenvalue weighted by Crippen LogP contribution is 2.39. The number of carbonyl (C=O) groups excluding carboxylic acids is 1. The normalized spacial score (nSPS) is 14.7. The van der Waals surface area contributed by atoms with Crippen molar-refractivity contribution in [2.24, 2.45) is 0 Å². The highest BCUT2D eigenvalue weighted by atomic mass is 16.6. The molecule has 2 aromatic heterocycles. The van der Waals surface area contributed by atoms with Crippen LogP contribution in [-0.2, 0) is 28.9 Å². The predicted octanol–water partition coefficient (Wildman–Crippen LogP) is 4.25. The second-order valence-corrected chi connectivity index (χ2v) is 10.6. The molecule has 4 heterocycles. The van der Waals surface area contributed by atoms with Crippen LogP contribution < -0.4 is 19.9 Å². The van der Waals surface area contributed by atoms with Gasteiger partial charge in [0.1, 0.15) is 17.9 Å². The van der Waals surface area contributed by atoms with Gasteiger partial charge in [-0.3, -0.25) is 9.69 Å². The van der Waals surface area contributed by atoms with Crippen LogP contribution in [0.3, 0.4) is 0 Å². The highest BCUT2D eigenvalue weighted by molar-refractivity contribution is 5.92. The smallest absolute Gasteiger partial charge is 0.415 e. The van der Waals surface area contributed by atoms with Crippen LogP contribution in [-0.4, -0.2) is 57.4 Å². The van der Waals surface area contributed by atoms with Crippen molar-refractivity contribution in [2.75, 3.05) is 34.8 Å². The van der Waals surface area contributed by atoms with Gasteiger partial charge in [0.15, 0.2) is 0 Å². The fourth-order valence-corrected chi connectivity index (χ4v) is 4.74. The Morgan fingerprint density at radius 1 is 1.13 bits per heavy atom. The second-order valence-electron chi connectivity index (χ2n) is 10.6. The highest BCUT2D eigenvalue weighted by Gasteiger charge is 2.32. The van der Waals surface area contributed by atoms with E-state index >= 15 is 0 Å². The summed E-state index contributed by atoms with van der Waals surface area (Å²) in [4.78, 5) is 41.4. The molecule has 5 rings (SSSR count). The second kappa shape index (κ2) is 10.4. The molecule has 0 aliphatic carbocycles. The van der Waals surface area contributed by atoms with Crippen LogP contribution in [0.25, 0.3) is 0 Å². The van der Waals surface area contributed by atoms with E-state index in [-0.39, 0.29) is 6.42 Å². The number of nitrogens with one attached hydrogen (secondary N) is 1. The number of rotatable bonds is 5. The summed E-state index contributed by atoms with van der Waals surface area (Å²) in [5.41, 5.74) is 5.35. The van der Waals surface area contributed by atoms with E-state index in [2.05, 4.69) is 20.2 Å². The van der Waals surface area contributed by atoms with Crippen LogP contribution in [0, 0.1) is 6.92 Å². The maximum atomic E-state index is 13.0. The van der Waals surface area contributed by atoms with Crippen molar-refractivity contribution < 1.29 is 24.2 Å². The summed E-state index contributed by atoms with van der Waals surface area (Å²) in [6, 6.07) is 7.19. The van der Waals surface area contributed by atoms with Crippen LogP contribution >= 0.6 is 0 Å². The summed E-state index contributed by atoms with van der Waals surface area (Å²) in [6.45, 7) is 9.59. The summed E-state index contributed by atoms with van der Waals surface area (Å²) < 4.78 is 11.4. The van der Waals surface area contributed by atoms with Gasteiger partial charge in [0.05, 0.1) is 30.5 Å². The zero-order valence-corrected chi connectivity index (χ0v) is 22.5. The minimum atomic E-state index is -0.863. The quantitative estimate of drug-likeness (QED) is 0.492. The first kappa shape index (κ1) is 26.2. The van der Waals surface area contributed by atoms with Crippen molar-refractivity contribution in [2.45, 2.75) is 52.7 Å². The van der Waals surface area contributed by atoms with Gasteiger partial charge in [-0.2, -0.15) is 0 Å². The van der Waals surface area contributed by atoms with Crippen LogP contribution in [0.15, 0.2) is 36.7 Å². The van der Waals surface area contributed by atoms with Crippen LogP contribution in [0.4, 0.5) is 27.8 Å². The van der Waals surface area contributed by atoms with Gasteiger partial charge >= 0.3 is 12.1 Å². The zero-order valence-electron chi connectivity index (χ0n) is 22.5. The lowest BCUT2D eigenvalue weighted by Gasteiger charge is -2.35. The number of carboxylic acids is 1. The van der Waals surface area contributed by atoms with Crippen molar-refractivity contribution >= 4 is 35.1 Å². The number of aliphatic carboxylic acids is 1. The molecule has 1 amide bonds. The number of ether oxygens (including phenoxy) is 2. The Kier molecular flexibility index (Phi) is 6.98.